The number of H-pyrrole nitrogens is 1. The van der Waals surface area contributed by atoms with Gasteiger partial charge in [0.1, 0.15) is 5.75 Å². The number of aromatic amines is 1. The summed E-state index contributed by atoms with van der Waals surface area (Å²) in [4.78, 5) is 15.0. The lowest BCUT2D eigenvalue weighted by Gasteiger charge is -2.09. The van der Waals surface area contributed by atoms with Crippen LogP contribution in [0.5, 0.6) is 5.75 Å². The molecule has 0 amide bonds. The summed E-state index contributed by atoms with van der Waals surface area (Å²) in [5, 5.41) is 11.2. The van der Waals surface area contributed by atoms with E-state index in [1.165, 1.54) is 0 Å². The summed E-state index contributed by atoms with van der Waals surface area (Å²) in [5.41, 5.74) is 3.71. The van der Waals surface area contributed by atoms with E-state index >= 15 is 0 Å². The monoisotopic (exact) mass is 322 g/mol. The third-order valence-corrected chi connectivity index (χ3v) is 3.71. The third kappa shape index (κ3) is 3.27. The van der Waals surface area contributed by atoms with Gasteiger partial charge in [-0.2, -0.15) is 0 Å². The number of methoxy groups -OCH3 is 1. The second-order valence-corrected chi connectivity index (χ2v) is 5.52. The van der Waals surface area contributed by atoms with Crippen LogP contribution in [0.1, 0.15) is 11.1 Å². The van der Waals surface area contributed by atoms with Gasteiger partial charge < -0.3 is 10.1 Å². The van der Waals surface area contributed by atoms with Crippen molar-refractivity contribution in [3.63, 3.8) is 0 Å². The molecule has 0 aliphatic rings. The highest BCUT2D eigenvalue weighted by Crippen LogP contribution is 2.20. The Morgan fingerprint density at radius 2 is 1.79 bits per heavy atom. The van der Waals surface area contributed by atoms with Gasteiger partial charge in [0.05, 0.1) is 7.11 Å². The number of nitrogens with one attached hydrogen (secondary N) is 2. The van der Waals surface area contributed by atoms with Crippen LogP contribution in [-0.2, 0) is 0 Å². The average molecular weight is 322 g/mol. The largest absolute Gasteiger partial charge is 0.497 e. The Morgan fingerprint density at radius 3 is 2.46 bits per heavy atom. The highest BCUT2D eigenvalue weighted by atomic mass is 16.5. The van der Waals surface area contributed by atoms with Gasteiger partial charge in [-0.3, -0.25) is 9.78 Å². The zero-order chi connectivity index (χ0) is 17.1. The van der Waals surface area contributed by atoms with Gasteiger partial charge in [-0.05, 0) is 55.3 Å². The van der Waals surface area contributed by atoms with E-state index in [4.69, 9.17) is 4.74 Å². The number of rotatable bonds is 4. The van der Waals surface area contributed by atoms with Gasteiger partial charge in [-0.25, -0.2) is 0 Å². The highest BCUT2D eigenvalue weighted by molar-refractivity contribution is 5.61. The predicted octanol–water partition coefficient (Wildman–Crippen LogP) is 3.20. The number of ether oxygens (including phenoxy) is 1. The van der Waals surface area contributed by atoms with Crippen LogP contribution in [0.15, 0.2) is 47.3 Å². The van der Waals surface area contributed by atoms with E-state index in [-0.39, 0.29) is 11.3 Å². The second kappa shape index (κ2) is 6.54. The lowest BCUT2D eigenvalue weighted by molar-refractivity contribution is 0.415. The van der Waals surface area contributed by atoms with E-state index in [0.29, 0.717) is 11.5 Å². The zero-order valence-corrected chi connectivity index (χ0v) is 13.8. The molecule has 0 saturated carbocycles. The fourth-order valence-corrected chi connectivity index (χ4v) is 2.33. The van der Waals surface area contributed by atoms with Crippen molar-refractivity contribution in [2.24, 2.45) is 0 Å². The molecular weight excluding hydrogens is 304 g/mol. The second-order valence-electron chi connectivity index (χ2n) is 5.52. The summed E-state index contributed by atoms with van der Waals surface area (Å²) in [6, 6.07) is 13.1. The fourth-order valence-electron chi connectivity index (χ4n) is 2.33. The van der Waals surface area contributed by atoms with Crippen molar-refractivity contribution in [1.82, 2.24) is 15.2 Å². The van der Waals surface area contributed by atoms with E-state index in [2.05, 4.69) is 20.5 Å². The molecule has 6 heteroatoms. The summed E-state index contributed by atoms with van der Waals surface area (Å²) in [6.45, 7) is 3.99. The Balaban J connectivity index is 1.89. The molecule has 0 bridgehead atoms. The Bertz CT molecular complexity index is 917. The number of aryl methyl sites for hydroxylation is 2. The predicted molar refractivity (Wildman–Crippen MR) is 93.8 cm³/mol. The SMILES string of the molecule is COc1ccc(-c2nnc(Nc3cc(C)ccc3C)[nH]c2=O)cc1. The van der Waals surface area contributed by atoms with Gasteiger partial charge in [-0.15, -0.1) is 10.2 Å². The van der Waals surface area contributed by atoms with Gasteiger partial charge in [0.2, 0.25) is 5.95 Å². The lowest BCUT2D eigenvalue weighted by atomic mass is 10.1. The molecule has 0 aliphatic heterocycles. The molecule has 3 rings (SSSR count). The van der Waals surface area contributed by atoms with Gasteiger partial charge in [0.15, 0.2) is 5.69 Å². The molecule has 2 N–H and O–H groups in total. The summed E-state index contributed by atoms with van der Waals surface area (Å²) in [7, 11) is 1.59. The number of aromatic nitrogens is 3. The Morgan fingerprint density at radius 1 is 1.04 bits per heavy atom. The number of benzene rings is 2. The van der Waals surface area contributed by atoms with Gasteiger partial charge in [0, 0.05) is 11.3 Å². The van der Waals surface area contributed by atoms with Crippen LogP contribution >= 0.6 is 0 Å². The van der Waals surface area contributed by atoms with E-state index in [0.717, 1.165) is 22.6 Å². The maximum Gasteiger partial charge on any atom is 0.279 e. The molecule has 0 atom stereocenters. The van der Waals surface area contributed by atoms with Crippen LogP contribution < -0.4 is 15.6 Å². The summed E-state index contributed by atoms with van der Waals surface area (Å²) in [5.74, 6) is 1.03. The van der Waals surface area contributed by atoms with E-state index in [9.17, 15) is 4.79 Å². The van der Waals surface area contributed by atoms with Crippen LogP contribution in [0, 0.1) is 13.8 Å². The molecule has 0 fully saturated rings. The Labute approximate surface area is 139 Å². The molecule has 0 spiro atoms. The third-order valence-electron chi connectivity index (χ3n) is 3.71. The minimum absolute atomic E-state index is 0.268. The van der Waals surface area contributed by atoms with Crippen molar-refractivity contribution in [2.45, 2.75) is 13.8 Å². The molecule has 3 aromatic rings. The Hall–Kier alpha value is -3.15. The average Bonchev–Trinajstić information content (AvgIpc) is 2.58. The summed E-state index contributed by atoms with van der Waals surface area (Å²) in [6.07, 6.45) is 0. The molecule has 0 saturated heterocycles. The number of nitrogens with zero attached hydrogens (tertiary/aromatic N) is 2. The van der Waals surface area contributed by atoms with Gasteiger partial charge >= 0.3 is 0 Å². The molecule has 0 radical (unpaired) electrons. The molecular formula is C18H18N4O2. The van der Waals surface area contributed by atoms with Crippen LogP contribution in [0.2, 0.25) is 0 Å². The quantitative estimate of drug-likeness (QED) is 0.771. The molecule has 1 aromatic heterocycles. The van der Waals surface area contributed by atoms with Crippen molar-refractivity contribution in [1.29, 1.82) is 0 Å². The van der Waals surface area contributed by atoms with Crippen molar-refractivity contribution in [2.75, 3.05) is 12.4 Å². The minimum Gasteiger partial charge on any atom is -0.497 e. The van der Waals surface area contributed by atoms with E-state index < -0.39 is 0 Å². The minimum atomic E-state index is -0.303. The molecule has 1 heterocycles. The smallest absolute Gasteiger partial charge is 0.279 e. The topological polar surface area (TPSA) is 79.9 Å². The van der Waals surface area contributed by atoms with Crippen LogP contribution in [0.4, 0.5) is 11.6 Å². The Kier molecular flexibility index (Phi) is 4.29. The molecule has 122 valence electrons. The summed E-state index contributed by atoms with van der Waals surface area (Å²) >= 11 is 0. The molecule has 2 aromatic carbocycles. The molecule has 0 unspecified atom stereocenters. The highest BCUT2D eigenvalue weighted by Gasteiger charge is 2.09. The first kappa shape index (κ1) is 15.7. The summed E-state index contributed by atoms with van der Waals surface area (Å²) < 4.78 is 5.11. The van der Waals surface area contributed by atoms with Crippen molar-refractivity contribution >= 4 is 11.6 Å². The van der Waals surface area contributed by atoms with Crippen LogP contribution in [0.3, 0.4) is 0 Å². The van der Waals surface area contributed by atoms with E-state index in [1.807, 2.05) is 32.0 Å². The number of hydrogen-bond acceptors (Lipinski definition) is 5. The number of anilines is 2. The molecule has 24 heavy (non-hydrogen) atoms. The van der Waals surface area contributed by atoms with E-state index in [1.54, 1.807) is 31.4 Å². The first-order chi connectivity index (χ1) is 11.6. The first-order valence-corrected chi connectivity index (χ1v) is 7.52. The van der Waals surface area contributed by atoms with Crippen LogP contribution in [0.25, 0.3) is 11.3 Å². The zero-order valence-electron chi connectivity index (χ0n) is 13.8. The van der Waals surface area contributed by atoms with Crippen molar-refractivity contribution < 1.29 is 4.74 Å². The normalized spacial score (nSPS) is 10.5. The molecule has 6 nitrogen and oxygen atoms in total. The lowest BCUT2D eigenvalue weighted by Crippen LogP contribution is -2.15. The maximum absolute atomic E-state index is 12.3. The van der Waals surface area contributed by atoms with Gasteiger partial charge in [0.25, 0.3) is 5.56 Å². The first-order valence-electron chi connectivity index (χ1n) is 7.52. The molecule has 0 aliphatic carbocycles. The van der Waals surface area contributed by atoms with Crippen LogP contribution in [-0.4, -0.2) is 22.3 Å². The number of hydrogen-bond donors (Lipinski definition) is 2. The van der Waals surface area contributed by atoms with Gasteiger partial charge in [-0.1, -0.05) is 12.1 Å². The van der Waals surface area contributed by atoms with Crippen molar-refractivity contribution in [3.05, 3.63) is 63.9 Å². The van der Waals surface area contributed by atoms with Crippen molar-refractivity contribution in [3.8, 4) is 17.0 Å². The maximum atomic E-state index is 12.3. The fraction of sp³-hybridized carbons (Fsp3) is 0.167. The standard InChI is InChI=1S/C18H18N4O2/c1-11-4-5-12(2)15(10-11)19-18-20-17(23)16(21-22-18)13-6-8-14(24-3)9-7-13/h4-10H,1-3H3,(H2,19,20,22,23).